The lowest BCUT2D eigenvalue weighted by Crippen LogP contribution is -2.34. The monoisotopic (exact) mass is 310 g/mol. The van der Waals surface area contributed by atoms with E-state index in [1.165, 1.54) is 9.58 Å². The molecule has 1 amide bonds. The van der Waals surface area contributed by atoms with E-state index in [1.54, 1.807) is 14.0 Å². The van der Waals surface area contributed by atoms with Gasteiger partial charge in [-0.25, -0.2) is 9.59 Å². The normalized spacial score (nSPS) is 13.8. The molecule has 0 spiro atoms. The van der Waals surface area contributed by atoms with Crippen LogP contribution in [0.4, 0.5) is 15.4 Å². The van der Waals surface area contributed by atoms with Gasteiger partial charge in [-0.05, 0) is 27.7 Å². The summed E-state index contributed by atoms with van der Waals surface area (Å²) in [7, 11) is 1.72. The van der Waals surface area contributed by atoms with Crippen LogP contribution in [0.3, 0.4) is 0 Å². The molecule has 2 heterocycles. The summed E-state index contributed by atoms with van der Waals surface area (Å²) in [5.41, 5.74) is 0.889. The minimum absolute atomic E-state index is 0.262. The molecule has 1 aromatic heterocycles. The van der Waals surface area contributed by atoms with Crippen LogP contribution in [0.2, 0.25) is 0 Å². The van der Waals surface area contributed by atoms with Crippen molar-refractivity contribution in [2.24, 2.45) is 0 Å². The maximum atomic E-state index is 12.2. The molecule has 0 aliphatic carbocycles. The third-order valence-corrected chi connectivity index (χ3v) is 3.11. The van der Waals surface area contributed by atoms with Crippen LogP contribution in [0.1, 0.15) is 39.0 Å². The van der Waals surface area contributed by atoms with Gasteiger partial charge in [0.05, 0.1) is 25.4 Å². The lowest BCUT2D eigenvalue weighted by Gasteiger charge is -2.24. The van der Waals surface area contributed by atoms with E-state index >= 15 is 0 Å². The average Bonchev–Trinajstić information content (AvgIpc) is 2.95. The van der Waals surface area contributed by atoms with Crippen molar-refractivity contribution in [1.29, 1.82) is 0 Å². The molecule has 8 heteroatoms. The van der Waals surface area contributed by atoms with Gasteiger partial charge in [0.25, 0.3) is 0 Å². The van der Waals surface area contributed by atoms with Gasteiger partial charge in [0.1, 0.15) is 5.60 Å². The Labute approximate surface area is 129 Å². The first kappa shape index (κ1) is 16.1. The number of carbonyl (C=O) groups is 2. The molecule has 0 saturated carbocycles. The third kappa shape index (κ3) is 3.15. The van der Waals surface area contributed by atoms with Crippen molar-refractivity contribution in [3.63, 3.8) is 0 Å². The SMILES string of the molecule is CCOC(=O)n1nc(NC)c2c1CN(C(=O)OC(C)(C)C)C2. The number of fused-ring (bicyclic) bond motifs is 1. The molecular formula is C14H22N4O4. The highest BCUT2D eigenvalue weighted by Gasteiger charge is 2.34. The van der Waals surface area contributed by atoms with E-state index in [-0.39, 0.29) is 13.2 Å². The molecular weight excluding hydrogens is 288 g/mol. The summed E-state index contributed by atoms with van der Waals surface area (Å²) in [6, 6.07) is 0. The minimum Gasteiger partial charge on any atom is -0.448 e. The van der Waals surface area contributed by atoms with E-state index in [1.807, 2.05) is 20.8 Å². The summed E-state index contributed by atoms with van der Waals surface area (Å²) in [5.74, 6) is 0.564. The molecule has 8 nitrogen and oxygen atoms in total. The van der Waals surface area contributed by atoms with E-state index in [0.717, 1.165) is 5.56 Å². The lowest BCUT2D eigenvalue weighted by molar-refractivity contribution is 0.0238. The average molecular weight is 310 g/mol. The summed E-state index contributed by atoms with van der Waals surface area (Å²) < 4.78 is 11.6. The molecule has 0 unspecified atom stereocenters. The van der Waals surface area contributed by atoms with E-state index in [0.29, 0.717) is 18.1 Å². The van der Waals surface area contributed by atoms with Crippen LogP contribution in [0, 0.1) is 0 Å². The number of amides is 1. The van der Waals surface area contributed by atoms with Crippen LogP contribution >= 0.6 is 0 Å². The molecule has 1 aliphatic heterocycles. The molecule has 22 heavy (non-hydrogen) atoms. The van der Waals surface area contributed by atoms with Crippen molar-refractivity contribution in [3.05, 3.63) is 11.3 Å². The van der Waals surface area contributed by atoms with E-state index in [4.69, 9.17) is 9.47 Å². The quantitative estimate of drug-likeness (QED) is 0.901. The standard InChI is InChI=1S/C14H22N4O4/c1-6-21-13(20)18-10-8-17(12(19)22-14(2,3)4)7-9(10)11(15-5)16-18/h6-8H2,1-5H3,(H,15,16). The molecule has 0 aromatic carbocycles. The van der Waals surface area contributed by atoms with Crippen LogP contribution in [0.25, 0.3) is 0 Å². The number of anilines is 1. The van der Waals surface area contributed by atoms with Crippen LogP contribution in [0.15, 0.2) is 0 Å². The Morgan fingerprint density at radius 1 is 1.27 bits per heavy atom. The molecule has 1 aromatic rings. The molecule has 0 saturated heterocycles. The number of nitrogens with zero attached hydrogens (tertiary/aromatic N) is 3. The van der Waals surface area contributed by atoms with Gasteiger partial charge in [-0.2, -0.15) is 4.68 Å². The van der Waals surface area contributed by atoms with Gasteiger partial charge in [0.15, 0.2) is 5.82 Å². The van der Waals surface area contributed by atoms with Crippen molar-refractivity contribution in [1.82, 2.24) is 14.7 Å². The summed E-state index contributed by atoms with van der Waals surface area (Å²) in [6.07, 6.45) is -0.965. The summed E-state index contributed by atoms with van der Waals surface area (Å²) >= 11 is 0. The summed E-state index contributed by atoms with van der Waals surface area (Å²) in [5, 5.41) is 7.12. The van der Waals surface area contributed by atoms with Crippen LogP contribution in [-0.4, -0.2) is 46.1 Å². The van der Waals surface area contributed by atoms with E-state index in [9.17, 15) is 9.59 Å². The molecule has 0 bridgehead atoms. The third-order valence-electron chi connectivity index (χ3n) is 3.11. The first-order valence-electron chi connectivity index (χ1n) is 7.20. The molecule has 2 rings (SSSR count). The molecule has 0 fully saturated rings. The Hall–Kier alpha value is -2.25. The molecule has 0 radical (unpaired) electrons. The van der Waals surface area contributed by atoms with Crippen molar-refractivity contribution < 1.29 is 19.1 Å². The van der Waals surface area contributed by atoms with Crippen molar-refractivity contribution in [2.75, 3.05) is 19.0 Å². The maximum Gasteiger partial charge on any atom is 0.435 e. The van der Waals surface area contributed by atoms with Gasteiger partial charge in [0, 0.05) is 12.6 Å². The topological polar surface area (TPSA) is 85.7 Å². The molecule has 1 N–H and O–H groups in total. The van der Waals surface area contributed by atoms with Crippen LogP contribution in [0.5, 0.6) is 0 Å². The molecule has 1 aliphatic rings. The predicted octanol–water partition coefficient (Wildman–Crippen LogP) is 2.18. The highest BCUT2D eigenvalue weighted by atomic mass is 16.6. The van der Waals surface area contributed by atoms with Crippen LogP contribution in [-0.2, 0) is 22.6 Å². The summed E-state index contributed by atoms with van der Waals surface area (Å²) in [4.78, 5) is 25.7. The second-order valence-corrected chi connectivity index (χ2v) is 5.97. The largest absolute Gasteiger partial charge is 0.448 e. The lowest BCUT2D eigenvalue weighted by atomic mass is 10.2. The van der Waals surface area contributed by atoms with E-state index in [2.05, 4.69) is 10.4 Å². The zero-order valence-electron chi connectivity index (χ0n) is 13.6. The first-order chi connectivity index (χ1) is 10.3. The Bertz CT molecular complexity index is 588. The Balaban J connectivity index is 2.22. The molecule has 0 atom stereocenters. The smallest absolute Gasteiger partial charge is 0.435 e. The Morgan fingerprint density at radius 3 is 2.50 bits per heavy atom. The Morgan fingerprint density at radius 2 is 1.95 bits per heavy atom. The fourth-order valence-corrected chi connectivity index (χ4v) is 2.23. The zero-order valence-corrected chi connectivity index (χ0v) is 13.6. The Kier molecular flexibility index (Phi) is 4.30. The molecule has 122 valence electrons. The van der Waals surface area contributed by atoms with E-state index < -0.39 is 17.8 Å². The maximum absolute atomic E-state index is 12.2. The number of ether oxygens (including phenoxy) is 2. The first-order valence-corrected chi connectivity index (χ1v) is 7.20. The van der Waals surface area contributed by atoms with Crippen molar-refractivity contribution >= 4 is 18.0 Å². The number of carbonyl (C=O) groups excluding carboxylic acids is 2. The van der Waals surface area contributed by atoms with Gasteiger partial charge >= 0.3 is 12.2 Å². The number of rotatable bonds is 2. The van der Waals surface area contributed by atoms with Crippen molar-refractivity contribution in [3.8, 4) is 0 Å². The van der Waals surface area contributed by atoms with Gasteiger partial charge in [0.2, 0.25) is 0 Å². The van der Waals surface area contributed by atoms with Gasteiger partial charge < -0.3 is 14.8 Å². The second-order valence-electron chi connectivity index (χ2n) is 5.97. The number of aromatic nitrogens is 2. The highest BCUT2D eigenvalue weighted by molar-refractivity contribution is 5.75. The van der Waals surface area contributed by atoms with Gasteiger partial charge in [-0.15, -0.1) is 5.10 Å². The number of hydrogen-bond donors (Lipinski definition) is 1. The minimum atomic E-state index is -0.565. The fraction of sp³-hybridized carbons (Fsp3) is 0.643. The number of hydrogen-bond acceptors (Lipinski definition) is 6. The fourth-order valence-electron chi connectivity index (χ4n) is 2.23. The second kappa shape index (κ2) is 5.86. The number of nitrogens with one attached hydrogen (secondary N) is 1. The zero-order chi connectivity index (χ0) is 16.5. The highest BCUT2D eigenvalue weighted by Crippen LogP contribution is 2.30. The van der Waals surface area contributed by atoms with Crippen LogP contribution < -0.4 is 5.32 Å². The van der Waals surface area contributed by atoms with Gasteiger partial charge in [-0.1, -0.05) is 0 Å². The predicted molar refractivity (Wildman–Crippen MR) is 79.7 cm³/mol. The summed E-state index contributed by atoms with van der Waals surface area (Å²) in [6.45, 7) is 8.04. The van der Waals surface area contributed by atoms with Gasteiger partial charge in [-0.3, -0.25) is 4.90 Å². The van der Waals surface area contributed by atoms with Crippen molar-refractivity contribution in [2.45, 2.75) is 46.4 Å².